The Morgan fingerprint density at radius 3 is 2.26 bits per heavy atom. The second-order valence-corrected chi connectivity index (χ2v) is 4.48. The molecule has 0 saturated heterocycles. The summed E-state index contributed by atoms with van der Waals surface area (Å²) in [7, 11) is 0. The average molecular weight is 336 g/mol. The third kappa shape index (κ3) is 5.40. The van der Waals surface area contributed by atoms with Gasteiger partial charge < -0.3 is 28.0 Å². The number of anilines is 1. The number of carbonyl (C=O) groups excluding carboxylic acids is 1. The summed E-state index contributed by atoms with van der Waals surface area (Å²) in [5, 5.41) is 22.8. The van der Waals surface area contributed by atoms with Crippen LogP contribution in [0.15, 0.2) is 53.9 Å². The zero-order valence-corrected chi connectivity index (χ0v) is 12.6. The van der Waals surface area contributed by atoms with Gasteiger partial charge >= 0.3 is 5.97 Å². The lowest BCUT2D eigenvalue weighted by Gasteiger charge is -2.03. The second-order valence-electron chi connectivity index (χ2n) is 4.48. The smallest absolute Gasteiger partial charge is 0.335 e. The molecular formula is C15H14ClN3O4. The highest BCUT2D eigenvalue weighted by Gasteiger charge is 2.10. The molecule has 0 unspecified atom stereocenters. The van der Waals surface area contributed by atoms with E-state index < -0.39 is 5.97 Å². The van der Waals surface area contributed by atoms with Crippen molar-refractivity contribution in [3.8, 4) is 0 Å². The predicted octanol–water partition coefficient (Wildman–Crippen LogP) is -1.88. The molecule has 2 rings (SSSR count). The van der Waals surface area contributed by atoms with E-state index in [1.54, 1.807) is 29.1 Å². The number of amides is 1. The van der Waals surface area contributed by atoms with Crippen LogP contribution < -0.4 is 22.3 Å². The van der Waals surface area contributed by atoms with Gasteiger partial charge in [0.25, 0.3) is 5.91 Å². The highest BCUT2D eigenvalue weighted by atomic mass is 35.5. The van der Waals surface area contributed by atoms with E-state index in [-0.39, 0.29) is 30.4 Å². The number of carbonyl (C=O) groups is 2. The van der Waals surface area contributed by atoms with Gasteiger partial charge in [-0.25, -0.2) is 4.79 Å². The highest BCUT2D eigenvalue weighted by molar-refractivity contribution is 5.91. The van der Waals surface area contributed by atoms with Crippen molar-refractivity contribution in [3.63, 3.8) is 0 Å². The summed E-state index contributed by atoms with van der Waals surface area (Å²) < 4.78 is 1.66. The van der Waals surface area contributed by atoms with Crippen molar-refractivity contribution in [3.05, 3.63) is 59.9 Å². The Balaban J connectivity index is 0.00000264. The minimum atomic E-state index is -1.01. The summed E-state index contributed by atoms with van der Waals surface area (Å²) in [4.78, 5) is 22.6. The van der Waals surface area contributed by atoms with Crippen molar-refractivity contribution in [1.82, 2.24) is 0 Å². The van der Waals surface area contributed by atoms with Crippen molar-refractivity contribution < 1.29 is 36.9 Å². The van der Waals surface area contributed by atoms with Gasteiger partial charge in [-0.3, -0.25) is 4.79 Å². The van der Waals surface area contributed by atoms with Crippen molar-refractivity contribution in [2.24, 2.45) is 5.16 Å². The number of aromatic nitrogens is 1. The van der Waals surface area contributed by atoms with Crippen molar-refractivity contribution in [2.45, 2.75) is 6.54 Å². The third-order valence-electron chi connectivity index (χ3n) is 2.87. The molecule has 0 fully saturated rings. The molecule has 7 nitrogen and oxygen atoms in total. The molecule has 0 aliphatic carbocycles. The lowest BCUT2D eigenvalue weighted by atomic mass is 10.2. The number of carboxylic acids is 1. The summed E-state index contributed by atoms with van der Waals surface area (Å²) in [6.45, 7) is 0.108. The maximum Gasteiger partial charge on any atom is 0.335 e. The SMILES string of the molecule is O=C(C[n+]1ccc(/C=N/O)cc1)Nc1ccc(C(=O)O)cc1.[Cl-]. The molecule has 1 aromatic heterocycles. The van der Waals surface area contributed by atoms with Crippen LogP contribution in [0, 0.1) is 0 Å². The first-order valence-corrected chi connectivity index (χ1v) is 6.38. The Kier molecular flexibility index (Phi) is 6.69. The molecule has 8 heteroatoms. The standard InChI is InChI=1S/C15H13N3O4.ClH/c19-14(10-18-7-5-11(6-8-18)9-16-22)17-13-3-1-12(2-4-13)15(20)21;/h1-9H,10H2,(H2,17,19,20,21);1H. The van der Waals surface area contributed by atoms with Crippen molar-refractivity contribution >= 4 is 23.8 Å². The van der Waals surface area contributed by atoms with Crippen molar-refractivity contribution in [2.75, 3.05) is 5.32 Å². The van der Waals surface area contributed by atoms with E-state index in [0.717, 1.165) is 0 Å². The average Bonchev–Trinajstić information content (AvgIpc) is 2.50. The normalized spacial score (nSPS) is 10.1. The number of rotatable bonds is 5. The van der Waals surface area contributed by atoms with E-state index in [1.165, 1.54) is 30.5 Å². The molecule has 23 heavy (non-hydrogen) atoms. The van der Waals surface area contributed by atoms with E-state index in [1.807, 2.05) is 0 Å². The number of hydrogen-bond donors (Lipinski definition) is 3. The van der Waals surface area contributed by atoms with Gasteiger partial charge in [-0.15, -0.1) is 0 Å². The van der Waals surface area contributed by atoms with Crippen LogP contribution in [0.4, 0.5) is 5.69 Å². The third-order valence-corrected chi connectivity index (χ3v) is 2.87. The van der Waals surface area contributed by atoms with Gasteiger partial charge in [0.2, 0.25) is 6.54 Å². The van der Waals surface area contributed by atoms with Gasteiger partial charge in [-0.05, 0) is 24.3 Å². The summed E-state index contributed by atoms with van der Waals surface area (Å²) in [6.07, 6.45) is 4.66. The van der Waals surface area contributed by atoms with E-state index >= 15 is 0 Å². The quantitative estimate of drug-likeness (QED) is 0.258. The molecule has 0 aliphatic rings. The topological polar surface area (TPSA) is 103 Å². The molecule has 0 saturated carbocycles. The van der Waals surface area contributed by atoms with Crippen LogP contribution in [-0.2, 0) is 11.3 Å². The van der Waals surface area contributed by atoms with Gasteiger partial charge in [-0.1, -0.05) is 5.16 Å². The summed E-state index contributed by atoms with van der Waals surface area (Å²) in [6, 6.07) is 9.32. The number of pyridine rings is 1. The summed E-state index contributed by atoms with van der Waals surface area (Å²) in [5.74, 6) is -1.25. The zero-order valence-electron chi connectivity index (χ0n) is 11.9. The Hall–Kier alpha value is -2.93. The number of oxime groups is 1. The first kappa shape index (κ1) is 18.1. The Labute approximate surface area is 138 Å². The predicted molar refractivity (Wildman–Crippen MR) is 78.0 cm³/mol. The van der Waals surface area contributed by atoms with Crippen LogP contribution in [0.2, 0.25) is 0 Å². The number of benzene rings is 1. The van der Waals surface area contributed by atoms with E-state index in [2.05, 4.69) is 10.5 Å². The fraction of sp³-hybridized carbons (Fsp3) is 0.0667. The lowest BCUT2D eigenvalue weighted by molar-refractivity contribution is -0.684. The zero-order chi connectivity index (χ0) is 15.9. The maximum atomic E-state index is 11.9. The van der Waals surface area contributed by atoms with Crippen LogP contribution in [0.1, 0.15) is 15.9 Å². The Bertz CT molecular complexity index is 700. The van der Waals surface area contributed by atoms with Gasteiger partial charge in [0.05, 0.1) is 11.8 Å². The molecule has 1 aromatic carbocycles. The van der Waals surface area contributed by atoms with Crippen LogP contribution in [0.3, 0.4) is 0 Å². The molecule has 0 aliphatic heterocycles. The number of halogens is 1. The molecule has 0 radical (unpaired) electrons. The largest absolute Gasteiger partial charge is 1.00 e. The van der Waals surface area contributed by atoms with Gasteiger partial charge in [-0.2, -0.15) is 4.57 Å². The van der Waals surface area contributed by atoms with Gasteiger partial charge in [0.1, 0.15) is 0 Å². The molecule has 0 spiro atoms. The van der Waals surface area contributed by atoms with Crippen LogP contribution in [0.5, 0.6) is 0 Å². The van der Waals surface area contributed by atoms with E-state index in [9.17, 15) is 9.59 Å². The van der Waals surface area contributed by atoms with Crippen LogP contribution in [-0.4, -0.2) is 28.4 Å². The first-order chi connectivity index (χ1) is 10.6. The fourth-order valence-corrected chi connectivity index (χ4v) is 1.79. The highest BCUT2D eigenvalue weighted by Crippen LogP contribution is 2.09. The molecule has 120 valence electrons. The second kappa shape index (κ2) is 8.50. The molecule has 0 atom stereocenters. The number of aromatic carboxylic acids is 1. The number of nitrogens with zero attached hydrogens (tertiary/aromatic N) is 2. The fourth-order valence-electron chi connectivity index (χ4n) is 1.79. The molecule has 0 bridgehead atoms. The number of carboxylic acid groups (broad SMARTS) is 1. The lowest BCUT2D eigenvalue weighted by Crippen LogP contribution is -3.00. The molecule has 2 aromatic rings. The molecular weight excluding hydrogens is 322 g/mol. The van der Waals surface area contributed by atoms with E-state index in [4.69, 9.17) is 10.3 Å². The molecule has 1 amide bonds. The number of hydrogen-bond acceptors (Lipinski definition) is 4. The summed E-state index contributed by atoms with van der Waals surface area (Å²) >= 11 is 0. The summed E-state index contributed by atoms with van der Waals surface area (Å²) in [5.41, 5.74) is 1.40. The van der Waals surface area contributed by atoms with Gasteiger partial charge in [0, 0.05) is 23.4 Å². The van der Waals surface area contributed by atoms with Crippen LogP contribution >= 0.6 is 0 Å². The van der Waals surface area contributed by atoms with Gasteiger partial charge in [0.15, 0.2) is 12.4 Å². The van der Waals surface area contributed by atoms with Crippen LogP contribution in [0.25, 0.3) is 0 Å². The van der Waals surface area contributed by atoms with E-state index in [0.29, 0.717) is 11.3 Å². The molecule has 3 N–H and O–H groups in total. The van der Waals surface area contributed by atoms with Crippen molar-refractivity contribution in [1.29, 1.82) is 0 Å². The molecule has 1 heterocycles. The Morgan fingerprint density at radius 2 is 1.74 bits per heavy atom. The monoisotopic (exact) mass is 335 g/mol. The Morgan fingerprint density at radius 1 is 1.13 bits per heavy atom. The number of nitrogens with one attached hydrogen (secondary N) is 1. The minimum absolute atomic E-state index is 0. The minimum Gasteiger partial charge on any atom is -1.00 e. The first-order valence-electron chi connectivity index (χ1n) is 6.38. The maximum absolute atomic E-state index is 11.9.